The molecule has 2 rings (SSSR count). The lowest BCUT2D eigenvalue weighted by Crippen LogP contribution is -2.13. The Hall–Kier alpha value is -2.04. The maximum atomic E-state index is 10.6. The number of aliphatic hydroxyl groups is 2. The molecule has 0 bridgehead atoms. The van der Waals surface area contributed by atoms with Crippen molar-refractivity contribution in [1.82, 2.24) is 0 Å². The molecule has 0 saturated heterocycles. The molecule has 4 nitrogen and oxygen atoms in total. The van der Waals surface area contributed by atoms with E-state index >= 15 is 0 Å². The van der Waals surface area contributed by atoms with Crippen LogP contribution in [0.2, 0.25) is 0 Å². The fraction of sp³-hybridized carbons (Fsp3) is 0.333. The van der Waals surface area contributed by atoms with Gasteiger partial charge in [-0.15, -0.1) is 0 Å². The lowest BCUT2D eigenvalue weighted by atomic mass is 9.97. The van der Waals surface area contributed by atoms with E-state index < -0.39 is 12.2 Å². The van der Waals surface area contributed by atoms with Crippen molar-refractivity contribution in [3.8, 4) is 11.5 Å². The summed E-state index contributed by atoms with van der Waals surface area (Å²) in [5.74, 6) is 1.15. The van der Waals surface area contributed by atoms with Crippen molar-refractivity contribution in [3.63, 3.8) is 0 Å². The summed E-state index contributed by atoms with van der Waals surface area (Å²) in [5.41, 5.74) is 1.12. The first kappa shape index (κ1) is 16.3. The fourth-order valence-corrected chi connectivity index (χ4v) is 2.36. The molecular formula is C18H22O4. The van der Waals surface area contributed by atoms with Gasteiger partial charge in [0, 0.05) is 11.1 Å². The molecule has 0 amide bonds. The average molecular weight is 302 g/mol. The molecule has 0 aliphatic heterocycles. The molecule has 2 aromatic carbocycles. The smallest absolute Gasteiger partial charge is 0.125 e. The third-order valence-electron chi connectivity index (χ3n) is 3.37. The Bertz CT molecular complexity index is 544. The van der Waals surface area contributed by atoms with Gasteiger partial charge in [0.1, 0.15) is 23.7 Å². The Morgan fingerprint density at radius 3 is 1.45 bits per heavy atom. The van der Waals surface area contributed by atoms with Crippen molar-refractivity contribution in [2.24, 2.45) is 0 Å². The molecule has 0 aliphatic rings. The minimum Gasteiger partial charge on any atom is -0.493 e. The van der Waals surface area contributed by atoms with Gasteiger partial charge in [0.2, 0.25) is 0 Å². The first-order valence-corrected chi connectivity index (χ1v) is 7.48. The van der Waals surface area contributed by atoms with Gasteiger partial charge in [-0.3, -0.25) is 0 Å². The summed E-state index contributed by atoms with van der Waals surface area (Å²) in [5, 5.41) is 21.1. The molecule has 0 radical (unpaired) electrons. The second-order valence-electron chi connectivity index (χ2n) is 4.83. The molecule has 0 aliphatic carbocycles. The summed E-state index contributed by atoms with van der Waals surface area (Å²) in [6.45, 7) is 4.75. The van der Waals surface area contributed by atoms with E-state index in [-0.39, 0.29) is 0 Å². The summed E-state index contributed by atoms with van der Waals surface area (Å²) in [7, 11) is 0. The molecule has 0 saturated carbocycles. The van der Waals surface area contributed by atoms with Crippen LogP contribution in [-0.2, 0) is 0 Å². The molecule has 4 heteroatoms. The number of rotatable bonds is 7. The van der Waals surface area contributed by atoms with Gasteiger partial charge in [-0.25, -0.2) is 0 Å². The highest BCUT2D eigenvalue weighted by Crippen LogP contribution is 2.37. The van der Waals surface area contributed by atoms with Crippen LogP contribution in [-0.4, -0.2) is 23.4 Å². The molecule has 2 unspecified atom stereocenters. The predicted molar refractivity (Wildman–Crippen MR) is 85.1 cm³/mol. The number of aliphatic hydroxyl groups excluding tert-OH is 2. The molecule has 2 aromatic rings. The van der Waals surface area contributed by atoms with Crippen molar-refractivity contribution in [2.75, 3.05) is 13.2 Å². The van der Waals surface area contributed by atoms with Crippen LogP contribution < -0.4 is 9.47 Å². The molecule has 2 atom stereocenters. The van der Waals surface area contributed by atoms with E-state index in [0.717, 1.165) is 0 Å². The van der Waals surface area contributed by atoms with Crippen molar-refractivity contribution in [1.29, 1.82) is 0 Å². The number of hydrogen-bond acceptors (Lipinski definition) is 4. The van der Waals surface area contributed by atoms with Crippen LogP contribution in [0.25, 0.3) is 0 Å². The SMILES string of the molecule is CCOc1ccccc1C(O)C(O)c1ccccc1OCC. The molecular weight excluding hydrogens is 280 g/mol. The van der Waals surface area contributed by atoms with E-state index in [1.165, 1.54) is 0 Å². The van der Waals surface area contributed by atoms with E-state index in [1.54, 1.807) is 24.3 Å². The first-order valence-electron chi connectivity index (χ1n) is 7.48. The van der Waals surface area contributed by atoms with Gasteiger partial charge in [-0.2, -0.15) is 0 Å². The normalized spacial score (nSPS) is 13.5. The third-order valence-corrected chi connectivity index (χ3v) is 3.37. The van der Waals surface area contributed by atoms with Crippen LogP contribution in [0, 0.1) is 0 Å². The van der Waals surface area contributed by atoms with Crippen molar-refractivity contribution >= 4 is 0 Å². The van der Waals surface area contributed by atoms with Crippen molar-refractivity contribution in [2.45, 2.75) is 26.1 Å². The zero-order valence-electron chi connectivity index (χ0n) is 12.9. The van der Waals surface area contributed by atoms with Crippen molar-refractivity contribution < 1.29 is 19.7 Å². The molecule has 0 fully saturated rings. The second kappa shape index (κ2) is 7.82. The topological polar surface area (TPSA) is 58.9 Å². The van der Waals surface area contributed by atoms with E-state index in [1.807, 2.05) is 38.1 Å². The summed E-state index contributed by atoms with van der Waals surface area (Å²) >= 11 is 0. The maximum absolute atomic E-state index is 10.6. The Kier molecular flexibility index (Phi) is 5.81. The van der Waals surface area contributed by atoms with E-state index in [0.29, 0.717) is 35.8 Å². The molecule has 118 valence electrons. The Labute approximate surface area is 130 Å². The van der Waals surface area contributed by atoms with E-state index in [4.69, 9.17) is 9.47 Å². The summed E-state index contributed by atoms with van der Waals surface area (Å²) in [6.07, 6.45) is -2.19. The summed E-state index contributed by atoms with van der Waals surface area (Å²) in [6, 6.07) is 14.4. The quantitative estimate of drug-likeness (QED) is 0.824. The minimum atomic E-state index is -1.09. The van der Waals surface area contributed by atoms with E-state index in [2.05, 4.69) is 0 Å². The van der Waals surface area contributed by atoms with Crippen LogP contribution in [0.5, 0.6) is 11.5 Å². The first-order chi connectivity index (χ1) is 10.7. The van der Waals surface area contributed by atoms with Gasteiger partial charge in [-0.05, 0) is 26.0 Å². The number of benzene rings is 2. The molecule has 0 spiro atoms. The highest BCUT2D eigenvalue weighted by Gasteiger charge is 2.25. The molecule has 0 heterocycles. The Morgan fingerprint density at radius 1 is 0.727 bits per heavy atom. The Balaban J connectivity index is 2.31. The summed E-state index contributed by atoms with van der Waals surface area (Å²) < 4.78 is 11.0. The van der Waals surface area contributed by atoms with Gasteiger partial charge in [0.05, 0.1) is 13.2 Å². The highest BCUT2D eigenvalue weighted by molar-refractivity contribution is 5.40. The fourth-order valence-electron chi connectivity index (χ4n) is 2.36. The number of hydrogen-bond donors (Lipinski definition) is 2. The number of ether oxygens (including phenoxy) is 2. The lowest BCUT2D eigenvalue weighted by molar-refractivity contribution is 0.0140. The second-order valence-corrected chi connectivity index (χ2v) is 4.83. The van der Waals surface area contributed by atoms with Crippen LogP contribution in [0.4, 0.5) is 0 Å². The van der Waals surface area contributed by atoms with Gasteiger partial charge in [0.25, 0.3) is 0 Å². The zero-order chi connectivity index (χ0) is 15.9. The van der Waals surface area contributed by atoms with E-state index in [9.17, 15) is 10.2 Å². The van der Waals surface area contributed by atoms with Crippen LogP contribution >= 0.6 is 0 Å². The molecule has 22 heavy (non-hydrogen) atoms. The lowest BCUT2D eigenvalue weighted by Gasteiger charge is -2.22. The summed E-state index contributed by atoms with van der Waals surface area (Å²) in [4.78, 5) is 0. The monoisotopic (exact) mass is 302 g/mol. The average Bonchev–Trinajstić information content (AvgIpc) is 2.55. The zero-order valence-corrected chi connectivity index (χ0v) is 12.9. The van der Waals surface area contributed by atoms with Gasteiger partial charge in [-0.1, -0.05) is 36.4 Å². The maximum Gasteiger partial charge on any atom is 0.125 e. The van der Waals surface area contributed by atoms with Crippen LogP contribution in [0.15, 0.2) is 48.5 Å². The predicted octanol–water partition coefficient (Wildman–Crippen LogP) is 3.25. The van der Waals surface area contributed by atoms with Crippen molar-refractivity contribution in [3.05, 3.63) is 59.7 Å². The highest BCUT2D eigenvalue weighted by atomic mass is 16.5. The molecule has 0 aromatic heterocycles. The molecule has 2 N–H and O–H groups in total. The number of para-hydroxylation sites is 2. The minimum absolute atomic E-state index is 0.495. The Morgan fingerprint density at radius 2 is 1.09 bits per heavy atom. The largest absolute Gasteiger partial charge is 0.493 e. The standard InChI is InChI=1S/C18H22O4/c1-3-21-15-11-7-5-9-13(15)17(19)18(20)14-10-6-8-12-16(14)22-4-2/h5-12,17-20H,3-4H2,1-2H3. The van der Waals surface area contributed by atoms with Crippen LogP contribution in [0.3, 0.4) is 0 Å². The van der Waals surface area contributed by atoms with Gasteiger partial charge >= 0.3 is 0 Å². The van der Waals surface area contributed by atoms with Gasteiger partial charge in [0.15, 0.2) is 0 Å². The van der Waals surface area contributed by atoms with Crippen LogP contribution in [0.1, 0.15) is 37.2 Å². The van der Waals surface area contributed by atoms with Gasteiger partial charge < -0.3 is 19.7 Å². The third kappa shape index (κ3) is 3.59.